The van der Waals surface area contributed by atoms with E-state index in [1.807, 2.05) is 13.2 Å². The zero-order valence-corrected chi connectivity index (χ0v) is 16.9. The van der Waals surface area contributed by atoms with Gasteiger partial charge >= 0.3 is 0 Å². The Morgan fingerprint density at radius 2 is 2.14 bits per heavy atom. The first-order valence-electron chi connectivity index (χ1n) is 7.71. The lowest BCUT2D eigenvalue weighted by atomic mass is 9.97. The number of rotatable bonds is 5. The lowest BCUT2D eigenvalue weighted by molar-refractivity contribution is 0.220. The second kappa shape index (κ2) is 10.4. The van der Waals surface area contributed by atoms with Crippen LogP contribution in [0.2, 0.25) is 0 Å². The van der Waals surface area contributed by atoms with E-state index < -0.39 is 0 Å². The zero-order valence-electron chi connectivity index (χ0n) is 13.8. The Morgan fingerprint density at radius 1 is 1.41 bits per heavy atom. The third kappa shape index (κ3) is 6.78. The highest BCUT2D eigenvalue weighted by molar-refractivity contribution is 14.0. The van der Waals surface area contributed by atoms with Crippen molar-refractivity contribution in [1.82, 2.24) is 20.5 Å². The number of thiazole rings is 1. The number of likely N-dealkylation sites (tertiary alicyclic amines) is 1. The summed E-state index contributed by atoms with van der Waals surface area (Å²) in [4.78, 5) is 12.3. The van der Waals surface area contributed by atoms with Crippen LogP contribution in [0.1, 0.15) is 22.7 Å². The predicted octanol–water partition coefficient (Wildman–Crippen LogP) is 2.12. The monoisotopic (exact) mass is 437 g/mol. The molecule has 0 unspecified atom stereocenters. The number of aryl methyl sites for hydroxylation is 1. The number of halogens is 1. The van der Waals surface area contributed by atoms with Gasteiger partial charge in [-0.25, -0.2) is 4.98 Å². The number of hydrogen-bond donors (Lipinski definition) is 2. The minimum Gasteiger partial charge on any atom is -0.356 e. The van der Waals surface area contributed by atoms with E-state index in [9.17, 15) is 0 Å². The van der Waals surface area contributed by atoms with Crippen molar-refractivity contribution in [3.63, 3.8) is 0 Å². The molecule has 0 aliphatic carbocycles. The summed E-state index contributed by atoms with van der Waals surface area (Å²) in [5.74, 6) is 1.67. The van der Waals surface area contributed by atoms with Crippen LogP contribution in [-0.4, -0.2) is 56.1 Å². The van der Waals surface area contributed by atoms with Crippen LogP contribution in [-0.2, 0) is 6.42 Å². The third-order valence-electron chi connectivity index (χ3n) is 3.92. The molecule has 1 saturated heterocycles. The number of hydrogen-bond acceptors (Lipinski definition) is 4. The molecule has 0 amide bonds. The number of nitrogens with zero attached hydrogens (tertiary/aromatic N) is 3. The molecule has 2 N–H and O–H groups in total. The molecule has 1 aromatic rings. The van der Waals surface area contributed by atoms with E-state index in [2.05, 4.69) is 39.5 Å². The fourth-order valence-electron chi connectivity index (χ4n) is 2.53. The average Bonchev–Trinajstić information content (AvgIpc) is 2.90. The van der Waals surface area contributed by atoms with Crippen LogP contribution in [0.5, 0.6) is 0 Å². The van der Waals surface area contributed by atoms with E-state index in [-0.39, 0.29) is 24.0 Å². The summed E-state index contributed by atoms with van der Waals surface area (Å²) >= 11 is 1.77. The van der Waals surface area contributed by atoms with Crippen molar-refractivity contribution in [2.45, 2.75) is 26.2 Å². The van der Waals surface area contributed by atoms with E-state index in [1.54, 1.807) is 11.3 Å². The molecule has 126 valence electrons. The van der Waals surface area contributed by atoms with Crippen LogP contribution >= 0.6 is 35.3 Å². The molecule has 1 aliphatic heterocycles. The van der Waals surface area contributed by atoms with E-state index in [0.717, 1.165) is 31.4 Å². The van der Waals surface area contributed by atoms with Crippen molar-refractivity contribution in [2.75, 3.05) is 40.3 Å². The van der Waals surface area contributed by atoms with Gasteiger partial charge in [-0.2, -0.15) is 0 Å². The Labute approximate surface area is 155 Å². The number of aliphatic imine (C=N–C) groups is 1. The first-order valence-corrected chi connectivity index (χ1v) is 8.53. The van der Waals surface area contributed by atoms with Gasteiger partial charge in [-0.15, -0.1) is 35.3 Å². The maximum absolute atomic E-state index is 4.38. The van der Waals surface area contributed by atoms with E-state index in [1.165, 1.54) is 35.8 Å². The normalized spacial score (nSPS) is 17.1. The second-order valence-electron chi connectivity index (χ2n) is 5.74. The molecule has 2 heterocycles. The van der Waals surface area contributed by atoms with Crippen molar-refractivity contribution in [2.24, 2.45) is 10.9 Å². The van der Waals surface area contributed by atoms with Crippen LogP contribution in [0.15, 0.2) is 11.2 Å². The molecule has 1 aliphatic rings. The van der Waals surface area contributed by atoms with Gasteiger partial charge in [0.25, 0.3) is 0 Å². The molecule has 5 nitrogen and oxygen atoms in total. The molecule has 0 radical (unpaired) electrons. The maximum Gasteiger partial charge on any atom is 0.190 e. The molecule has 1 aromatic heterocycles. The van der Waals surface area contributed by atoms with Crippen LogP contribution in [0.25, 0.3) is 0 Å². The zero-order chi connectivity index (χ0) is 15.1. The lowest BCUT2D eigenvalue weighted by Gasteiger charge is -2.29. The number of aromatic nitrogens is 1. The van der Waals surface area contributed by atoms with Gasteiger partial charge in [0, 0.05) is 37.6 Å². The standard InChI is InChI=1S/C15H27N5S.HI/c1-12-10-18-14(21-12)4-7-17-15(16-2)19-11-13-5-8-20(3)9-6-13;/h10,13H,4-9,11H2,1-3H3,(H2,16,17,19);1H. The molecule has 0 spiro atoms. The van der Waals surface area contributed by atoms with E-state index in [4.69, 9.17) is 0 Å². The Kier molecular flexibility index (Phi) is 9.27. The molecule has 22 heavy (non-hydrogen) atoms. The van der Waals surface area contributed by atoms with Crippen LogP contribution in [0.3, 0.4) is 0 Å². The molecule has 0 saturated carbocycles. The summed E-state index contributed by atoms with van der Waals surface area (Å²) in [7, 11) is 4.03. The highest BCUT2D eigenvalue weighted by atomic mass is 127. The Bertz CT molecular complexity index is 455. The number of nitrogens with one attached hydrogen (secondary N) is 2. The predicted molar refractivity (Wildman–Crippen MR) is 106 cm³/mol. The van der Waals surface area contributed by atoms with E-state index >= 15 is 0 Å². The lowest BCUT2D eigenvalue weighted by Crippen LogP contribution is -2.42. The Balaban J connectivity index is 0.00000242. The molecule has 2 rings (SSSR count). The van der Waals surface area contributed by atoms with Gasteiger partial charge in [0.05, 0.1) is 5.01 Å². The molecular formula is C15H28IN5S. The first kappa shape index (κ1) is 19.6. The Hall–Kier alpha value is -0.410. The number of piperidine rings is 1. The largest absolute Gasteiger partial charge is 0.356 e. The quantitative estimate of drug-likeness (QED) is 0.421. The van der Waals surface area contributed by atoms with Gasteiger partial charge in [0.1, 0.15) is 0 Å². The van der Waals surface area contributed by atoms with E-state index in [0.29, 0.717) is 0 Å². The van der Waals surface area contributed by atoms with Crippen molar-refractivity contribution in [3.05, 3.63) is 16.1 Å². The van der Waals surface area contributed by atoms with Crippen LogP contribution < -0.4 is 10.6 Å². The molecule has 0 bridgehead atoms. The summed E-state index contributed by atoms with van der Waals surface area (Å²) in [6.07, 6.45) is 5.44. The average molecular weight is 437 g/mol. The fourth-order valence-corrected chi connectivity index (χ4v) is 3.32. The number of guanidine groups is 1. The summed E-state index contributed by atoms with van der Waals surface area (Å²) in [5, 5.41) is 8.01. The molecule has 7 heteroatoms. The van der Waals surface area contributed by atoms with Gasteiger partial charge < -0.3 is 15.5 Å². The van der Waals surface area contributed by atoms with Gasteiger partial charge in [-0.3, -0.25) is 4.99 Å². The van der Waals surface area contributed by atoms with Crippen molar-refractivity contribution < 1.29 is 0 Å². The first-order chi connectivity index (χ1) is 10.2. The second-order valence-corrected chi connectivity index (χ2v) is 7.06. The summed E-state index contributed by atoms with van der Waals surface area (Å²) in [6, 6.07) is 0. The highest BCUT2D eigenvalue weighted by Gasteiger charge is 2.16. The van der Waals surface area contributed by atoms with Gasteiger partial charge in [-0.1, -0.05) is 0 Å². The molecule has 0 atom stereocenters. The van der Waals surface area contributed by atoms with Crippen LogP contribution in [0.4, 0.5) is 0 Å². The van der Waals surface area contributed by atoms with Gasteiger partial charge in [0.15, 0.2) is 5.96 Å². The highest BCUT2D eigenvalue weighted by Crippen LogP contribution is 2.14. The van der Waals surface area contributed by atoms with Gasteiger partial charge in [-0.05, 0) is 45.8 Å². The molecule has 1 fully saturated rings. The van der Waals surface area contributed by atoms with Crippen molar-refractivity contribution in [1.29, 1.82) is 0 Å². The van der Waals surface area contributed by atoms with Gasteiger partial charge in [0.2, 0.25) is 0 Å². The maximum atomic E-state index is 4.38. The summed E-state index contributed by atoms with van der Waals surface area (Å²) < 4.78 is 0. The third-order valence-corrected chi connectivity index (χ3v) is 4.89. The topological polar surface area (TPSA) is 52.6 Å². The minimum atomic E-state index is 0. The Morgan fingerprint density at radius 3 is 2.73 bits per heavy atom. The van der Waals surface area contributed by atoms with Crippen molar-refractivity contribution >= 4 is 41.3 Å². The SMILES string of the molecule is CN=C(NCCc1ncc(C)s1)NCC1CCN(C)CC1.I. The fraction of sp³-hybridized carbons (Fsp3) is 0.733. The molecule has 0 aromatic carbocycles. The minimum absolute atomic E-state index is 0. The molecular weight excluding hydrogens is 409 g/mol. The summed E-state index contributed by atoms with van der Waals surface area (Å²) in [6.45, 7) is 6.41. The van der Waals surface area contributed by atoms with Crippen molar-refractivity contribution in [3.8, 4) is 0 Å². The van der Waals surface area contributed by atoms with Crippen LogP contribution in [0, 0.1) is 12.8 Å². The smallest absolute Gasteiger partial charge is 0.190 e. The summed E-state index contributed by atoms with van der Waals surface area (Å²) in [5.41, 5.74) is 0.